The average molecular weight is 342 g/mol. The predicted molar refractivity (Wildman–Crippen MR) is 81.0 cm³/mol. The molecule has 4 nitrogen and oxygen atoms in total. The lowest BCUT2D eigenvalue weighted by atomic mass is 9.97. The van der Waals surface area contributed by atoms with Crippen LogP contribution in [0.5, 0.6) is 0 Å². The smallest absolute Gasteiger partial charge is 0.335 e. The molecule has 0 aliphatic carbocycles. The van der Waals surface area contributed by atoms with Crippen molar-refractivity contribution in [3.63, 3.8) is 0 Å². The Hall–Kier alpha value is -0.910. The topological polar surface area (TPSA) is 49.8 Å². The molecule has 20 heavy (non-hydrogen) atoms. The number of nitrogens with zero attached hydrogens (tertiary/aromatic N) is 1. The predicted octanol–water partition coefficient (Wildman–Crippen LogP) is 3.01. The molecule has 1 aromatic carbocycles. The molecule has 0 amide bonds. The number of benzene rings is 1. The van der Waals surface area contributed by atoms with Gasteiger partial charge in [0.1, 0.15) is 0 Å². The highest BCUT2D eigenvalue weighted by molar-refractivity contribution is 9.10. The third kappa shape index (κ3) is 4.04. The molecule has 1 aliphatic rings. The Morgan fingerprint density at radius 1 is 1.45 bits per heavy atom. The SMILES string of the molecule is COCC1CCN(Cc2ccc(C(=O)O)cc2Br)CC1. The number of hydrogen-bond acceptors (Lipinski definition) is 3. The quantitative estimate of drug-likeness (QED) is 0.894. The molecule has 1 N–H and O–H groups in total. The first-order chi connectivity index (χ1) is 9.60. The normalized spacial score (nSPS) is 17.3. The number of ether oxygens (including phenoxy) is 1. The molecule has 0 aromatic heterocycles. The van der Waals surface area contributed by atoms with Crippen LogP contribution in [0, 0.1) is 5.92 Å². The Morgan fingerprint density at radius 3 is 2.70 bits per heavy atom. The van der Waals surface area contributed by atoms with Gasteiger partial charge in [0.2, 0.25) is 0 Å². The van der Waals surface area contributed by atoms with Crippen LogP contribution >= 0.6 is 15.9 Å². The van der Waals surface area contributed by atoms with Crippen LogP contribution in [0.3, 0.4) is 0 Å². The van der Waals surface area contributed by atoms with Gasteiger partial charge in [0.05, 0.1) is 5.56 Å². The van der Waals surface area contributed by atoms with E-state index >= 15 is 0 Å². The molecular formula is C15H20BrNO3. The van der Waals surface area contributed by atoms with Crippen LogP contribution in [0.15, 0.2) is 22.7 Å². The molecule has 0 atom stereocenters. The van der Waals surface area contributed by atoms with E-state index in [-0.39, 0.29) is 0 Å². The second kappa shape index (κ2) is 7.20. The fraction of sp³-hybridized carbons (Fsp3) is 0.533. The zero-order chi connectivity index (χ0) is 14.5. The number of halogens is 1. The third-order valence-corrected chi connectivity index (χ3v) is 4.54. The average Bonchev–Trinajstić information content (AvgIpc) is 2.43. The molecule has 1 aromatic rings. The van der Waals surface area contributed by atoms with E-state index in [1.54, 1.807) is 19.2 Å². The zero-order valence-corrected chi connectivity index (χ0v) is 13.2. The summed E-state index contributed by atoms with van der Waals surface area (Å²) < 4.78 is 6.08. The standard InChI is InChI=1S/C15H20BrNO3/c1-20-10-11-4-6-17(7-5-11)9-13-3-2-12(15(18)19)8-14(13)16/h2-3,8,11H,4-7,9-10H2,1H3,(H,18,19). The number of carboxylic acids is 1. The highest BCUT2D eigenvalue weighted by Gasteiger charge is 2.19. The number of piperidine rings is 1. The molecule has 2 rings (SSSR count). The van der Waals surface area contributed by atoms with Crippen molar-refractivity contribution in [2.24, 2.45) is 5.92 Å². The largest absolute Gasteiger partial charge is 0.478 e. The molecule has 1 saturated heterocycles. The molecular weight excluding hydrogens is 322 g/mol. The van der Waals surface area contributed by atoms with E-state index in [0.29, 0.717) is 11.5 Å². The lowest BCUT2D eigenvalue weighted by Gasteiger charge is -2.31. The zero-order valence-electron chi connectivity index (χ0n) is 11.6. The number of aromatic carboxylic acids is 1. The van der Waals surface area contributed by atoms with Crippen molar-refractivity contribution in [3.05, 3.63) is 33.8 Å². The van der Waals surface area contributed by atoms with E-state index in [0.717, 1.165) is 36.3 Å². The van der Waals surface area contributed by atoms with Gasteiger partial charge in [-0.2, -0.15) is 0 Å². The molecule has 0 bridgehead atoms. The lowest BCUT2D eigenvalue weighted by Crippen LogP contribution is -2.34. The van der Waals surface area contributed by atoms with Gasteiger partial charge >= 0.3 is 5.97 Å². The first-order valence-corrected chi connectivity index (χ1v) is 7.62. The summed E-state index contributed by atoms with van der Waals surface area (Å²) >= 11 is 3.47. The summed E-state index contributed by atoms with van der Waals surface area (Å²) in [5.74, 6) is -0.216. The Morgan fingerprint density at radius 2 is 2.15 bits per heavy atom. The Bertz CT molecular complexity index is 470. The summed E-state index contributed by atoms with van der Waals surface area (Å²) in [4.78, 5) is 13.3. The van der Waals surface area contributed by atoms with Crippen LogP contribution in [0.1, 0.15) is 28.8 Å². The first-order valence-electron chi connectivity index (χ1n) is 6.83. The Labute approximate surface area is 127 Å². The second-order valence-corrected chi connectivity index (χ2v) is 6.14. The van der Waals surface area contributed by atoms with Gasteiger partial charge in [-0.15, -0.1) is 0 Å². The number of likely N-dealkylation sites (tertiary alicyclic amines) is 1. The molecule has 0 radical (unpaired) electrons. The molecule has 1 fully saturated rings. The van der Waals surface area contributed by atoms with E-state index in [9.17, 15) is 4.79 Å². The first kappa shape index (κ1) is 15.5. The summed E-state index contributed by atoms with van der Waals surface area (Å²) in [5, 5.41) is 8.96. The minimum Gasteiger partial charge on any atom is -0.478 e. The van der Waals surface area contributed by atoms with Crippen LogP contribution in [0.25, 0.3) is 0 Å². The summed E-state index contributed by atoms with van der Waals surface area (Å²) in [6.45, 7) is 3.85. The van der Waals surface area contributed by atoms with Crippen molar-refractivity contribution < 1.29 is 14.6 Å². The van der Waals surface area contributed by atoms with Crippen molar-refractivity contribution >= 4 is 21.9 Å². The summed E-state index contributed by atoms with van der Waals surface area (Å²) in [6, 6.07) is 5.24. The molecule has 110 valence electrons. The molecule has 1 heterocycles. The lowest BCUT2D eigenvalue weighted by molar-refractivity contribution is 0.0696. The van der Waals surface area contributed by atoms with Crippen molar-refractivity contribution in [1.29, 1.82) is 0 Å². The summed E-state index contributed by atoms with van der Waals surface area (Å²) in [7, 11) is 1.76. The number of methoxy groups -OCH3 is 1. The minimum absolute atomic E-state index is 0.319. The van der Waals surface area contributed by atoms with Crippen LogP contribution in [0.2, 0.25) is 0 Å². The Balaban J connectivity index is 1.93. The number of rotatable bonds is 5. The minimum atomic E-state index is -0.891. The molecule has 1 aliphatic heterocycles. The van der Waals surface area contributed by atoms with Gasteiger partial charge in [-0.25, -0.2) is 4.79 Å². The third-order valence-electron chi connectivity index (χ3n) is 3.80. The van der Waals surface area contributed by atoms with E-state index in [4.69, 9.17) is 9.84 Å². The highest BCUT2D eigenvalue weighted by Crippen LogP contribution is 2.23. The van der Waals surface area contributed by atoms with E-state index < -0.39 is 5.97 Å². The monoisotopic (exact) mass is 341 g/mol. The maximum atomic E-state index is 10.9. The maximum absolute atomic E-state index is 10.9. The number of carboxylic acid groups (broad SMARTS) is 1. The van der Waals surface area contributed by atoms with Gasteiger partial charge in [0.25, 0.3) is 0 Å². The van der Waals surface area contributed by atoms with Crippen molar-refractivity contribution in [1.82, 2.24) is 4.90 Å². The summed E-state index contributed by atoms with van der Waals surface area (Å²) in [5.41, 5.74) is 1.46. The van der Waals surface area contributed by atoms with Crippen LogP contribution in [0.4, 0.5) is 0 Å². The maximum Gasteiger partial charge on any atom is 0.335 e. The van der Waals surface area contributed by atoms with Crippen LogP contribution in [-0.2, 0) is 11.3 Å². The molecule has 5 heteroatoms. The van der Waals surface area contributed by atoms with E-state index in [1.165, 1.54) is 12.8 Å². The fourth-order valence-corrected chi connectivity index (χ4v) is 3.10. The van der Waals surface area contributed by atoms with Gasteiger partial charge in [0.15, 0.2) is 0 Å². The van der Waals surface area contributed by atoms with E-state index in [1.807, 2.05) is 6.07 Å². The van der Waals surface area contributed by atoms with E-state index in [2.05, 4.69) is 20.8 Å². The van der Waals surface area contributed by atoms with Gasteiger partial charge in [-0.1, -0.05) is 22.0 Å². The van der Waals surface area contributed by atoms with Crippen molar-refractivity contribution in [2.75, 3.05) is 26.8 Å². The number of hydrogen-bond donors (Lipinski definition) is 1. The van der Waals surface area contributed by atoms with Crippen LogP contribution in [-0.4, -0.2) is 42.8 Å². The molecule has 0 saturated carbocycles. The Kier molecular flexibility index (Phi) is 5.57. The molecule has 0 unspecified atom stereocenters. The van der Waals surface area contributed by atoms with Gasteiger partial charge in [0, 0.05) is 24.7 Å². The van der Waals surface area contributed by atoms with Gasteiger partial charge < -0.3 is 9.84 Å². The van der Waals surface area contributed by atoms with Gasteiger partial charge in [-0.3, -0.25) is 4.90 Å². The van der Waals surface area contributed by atoms with Crippen molar-refractivity contribution in [2.45, 2.75) is 19.4 Å². The number of carbonyl (C=O) groups is 1. The summed E-state index contributed by atoms with van der Waals surface area (Å²) in [6.07, 6.45) is 2.33. The van der Waals surface area contributed by atoms with Gasteiger partial charge in [-0.05, 0) is 49.5 Å². The van der Waals surface area contributed by atoms with Crippen molar-refractivity contribution in [3.8, 4) is 0 Å². The second-order valence-electron chi connectivity index (χ2n) is 5.29. The van der Waals surface area contributed by atoms with Crippen LogP contribution < -0.4 is 0 Å². The molecule has 0 spiro atoms. The highest BCUT2D eigenvalue weighted by atomic mass is 79.9. The fourth-order valence-electron chi connectivity index (χ4n) is 2.60.